The van der Waals surface area contributed by atoms with Crippen molar-refractivity contribution in [3.63, 3.8) is 0 Å². The second-order valence-electron chi connectivity index (χ2n) is 7.23. The lowest BCUT2D eigenvalue weighted by atomic mass is 10.1. The molecule has 2 heterocycles. The first kappa shape index (κ1) is 19.4. The summed E-state index contributed by atoms with van der Waals surface area (Å²) in [6, 6.07) is 12.7. The van der Waals surface area contributed by atoms with Gasteiger partial charge in [-0.05, 0) is 36.8 Å². The predicted molar refractivity (Wildman–Crippen MR) is 114 cm³/mol. The van der Waals surface area contributed by atoms with Crippen LogP contribution in [0.2, 0.25) is 0 Å². The van der Waals surface area contributed by atoms with Crippen molar-refractivity contribution in [2.45, 2.75) is 26.4 Å². The Hall–Kier alpha value is -3.94. The van der Waals surface area contributed by atoms with Crippen LogP contribution in [0.1, 0.15) is 27.9 Å². The van der Waals surface area contributed by atoms with Crippen LogP contribution in [0.25, 0.3) is 21.9 Å². The Morgan fingerprint density at radius 2 is 2.03 bits per heavy atom. The quantitative estimate of drug-likeness (QED) is 0.455. The maximum Gasteiger partial charge on any atom is 0.277 e. The number of aryl methyl sites for hydroxylation is 2. The summed E-state index contributed by atoms with van der Waals surface area (Å²) in [6.45, 7) is 2.47. The molecule has 0 bridgehead atoms. The highest BCUT2D eigenvalue weighted by atomic mass is 16.2. The molecule has 30 heavy (non-hydrogen) atoms. The molecular formula is C22H21N5O3. The summed E-state index contributed by atoms with van der Waals surface area (Å²) in [5.41, 5.74) is 9.23. The first-order valence-electron chi connectivity index (χ1n) is 9.55. The van der Waals surface area contributed by atoms with Crippen molar-refractivity contribution in [2.75, 3.05) is 0 Å². The number of nitrogens with zero attached hydrogens (tertiary/aromatic N) is 2. The highest BCUT2D eigenvalue weighted by Gasteiger charge is 2.12. The molecule has 0 saturated heterocycles. The molecule has 0 spiro atoms. The van der Waals surface area contributed by atoms with E-state index in [0.717, 1.165) is 22.0 Å². The van der Waals surface area contributed by atoms with Crippen molar-refractivity contribution in [3.05, 3.63) is 75.8 Å². The molecule has 0 fully saturated rings. The van der Waals surface area contributed by atoms with E-state index in [-0.39, 0.29) is 31.0 Å². The van der Waals surface area contributed by atoms with Crippen molar-refractivity contribution in [1.82, 2.24) is 19.9 Å². The van der Waals surface area contributed by atoms with Gasteiger partial charge in [0, 0.05) is 36.0 Å². The Morgan fingerprint density at radius 3 is 2.83 bits per heavy atom. The number of carbonyl (C=O) groups is 2. The Labute approximate surface area is 171 Å². The molecule has 0 aliphatic heterocycles. The Morgan fingerprint density at radius 1 is 1.20 bits per heavy atom. The number of hydrogen-bond acceptors (Lipinski definition) is 4. The standard InChI is InChI=1S/C22H21N5O3/c1-13-5-6-17-16(9-13)19-20(26-17)22(30)27(12-25-19)8-7-18(28)24-11-14-3-2-4-15(10-14)21(23)29/h2-6,9-10,12,26H,7-8,11H2,1H3,(H2,23,29)(H,24,28). The number of carbonyl (C=O) groups excluding carboxylic acids is 2. The molecule has 0 atom stereocenters. The average Bonchev–Trinajstić information content (AvgIpc) is 3.10. The summed E-state index contributed by atoms with van der Waals surface area (Å²) in [5, 5.41) is 3.69. The fourth-order valence-electron chi connectivity index (χ4n) is 3.41. The molecule has 2 aromatic carbocycles. The molecule has 8 heteroatoms. The van der Waals surface area contributed by atoms with Crippen LogP contribution in [0, 0.1) is 6.92 Å². The minimum Gasteiger partial charge on any atom is -0.366 e. The molecule has 0 aliphatic carbocycles. The van der Waals surface area contributed by atoms with Gasteiger partial charge < -0.3 is 16.0 Å². The number of nitrogens with one attached hydrogen (secondary N) is 2. The van der Waals surface area contributed by atoms with Crippen molar-refractivity contribution in [1.29, 1.82) is 0 Å². The molecular weight excluding hydrogens is 382 g/mol. The number of fused-ring (bicyclic) bond motifs is 3. The van der Waals surface area contributed by atoms with Crippen molar-refractivity contribution in [2.24, 2.45) is 5.73 Å². The monoisotopic (exact) mass is 403 g/mol. The second kappa shape index (κ2) is 7.82. The van der Waals surface area contributed by atoms with Gasteiger partial charge in [0.15, 0.2) is 0 Å². The smallest absolute Gasteiger partial charge is 0.277 e. The van der Waals surface area contributed by atoms with Gasteiger partial charge in [-0.15, -0.1) is 0 Å². The first-order chi connectivity index (χ1) is 14.4. The van der Waals surface area contributed by atoms with Crippen LogP contribution in [-0.4, -0.2) is 26.3 Å². The summed E-state index contributed by atoms with van der Waals surface area (Å²) < 4.78 is 1.43. The Bertz CT molecular complexity index is 1340. The number of H-pyrrole nitrogens is 1. The van der Waals surface area contributed by atoms with Crippen molar-refractivity contribution < 1.29 is 9.59 Å². The summed E-state index contributed by atoms with van der Waals surface area (Å²) in [5.74, 6) is -0.726. The maximum atomic E-state index is 12.8. The SMILES string of the molecule is Cc1ccc2[nH]c3c(=O)n(CCC(=O)NCc4cccc(C(N)=O)c4)cnc3c2c1. The van der Waals surface area contributed by atoms with Gasteiger partial charge in [-0.1, -0.05) is 23.8 Å². The lowest BCUT2D eigenvalue weighted by Gasteiger charge is -2.08. The van der Waals surface area contributed by atoms with E-state index in [1.165, 1.54) is 10.9 Å². The molecule has 4 aromatic rings. The molecule has 0 radical (unpaired) electrons. The maximum absolute atomic E-state index is 12.8. The number of hydrogen-bond donors (Lipinski definition) is 3. The van der Waals surface area contributed by atoms with E-state index in [0.29, 0.717) is 16.6 Å². The second-order valence-corrected chi connectivity index (χ2v) is 7.23. The van der Waals surface area contributed by atoms with Gasteiger partial charge in [0.05, 0.1) is 6.33 Å². The highest BCUT2D eigenvalue weighted by molar-refractivity contribution is 6.04. The topological polar surface area (TPSA) is 123 Å². The van der Waals surface area contributed by atoms with Gasteiger partial charge in [-0.2, -0.15) is 0 Å². The van der Waals surface area contributed by atoms with Crippen LogP contribution < -0.4 is 16.6 Å². The van der Waals surface area contributed by atoms with Gasteiger partial charge in [0.1, 0.15) is 11.0 Å². The van der Waals surface area contributed by atoms with Crippen molar-refractivity contribution >= 4 is 33.8 Å². The minimum absolute atomic E-state index is 0.127. The van der Waals surface area contributed by atoms with Gasteiger partial charge in [-0.3, -0.25) is 19.0 Å². The summed E-state index contributed by atoms with van der Waals surface area (Å²) in [7, 11) is 0. The normalized spacial score (nSPS) is 11.1. The highest BCUT2D eigenvalue weighted by Crippen LogP contribution is 2.22. The molecule has 2 aromatic heterocycles. The van der Waals surface area contributed by atoms with Crippen LogP contribution in [0.3, 0.4) is 0 Å². The van der Waals surface area contributed by atoms with Gasteiger partial charge >= 0.3 is 0 Å². The predicted octanol–water partition coefficient (Wildman–Crippen LogP) is 1.99. The first-order valence-corrected chi connectivity index (χ1v) is 9.55. The Kier molecular flexibility index (Phi) is 5.05. The van der Waals surface area contributed by atoms with Crippen LogP contribution in [0.5, 0.6) is 0 Å². The van der Waals surface area contributed by atoms with E-state index in [1.807, 2.05) is 25.1 Å². The number of primary amides is 1. The third-order valence-corrected chi connectivity index (χ3v) is 5.01. The number of aromatic nitrogens is 3. The fourth-order valence-corrected chi connectivity index (χ4v) is 3.41. The lowest BCUT2D eigenvalue weighted by molar-refractivity contribution is -0.121. The van der Waals surface area contributed by atoms with Gasteiger partial charge in [0.25, 0.3) is 5.56 Å². The van der Waals surface area contributed by atoms with Crippen LogP contribution in [0.15, 0.2) is 53.6 Å². The molecule has 152 valence electrons. The number of benzene rings is 2. The third-order valence-electron chi connectivity index (χ3n) is 5.01. The van der Waals surface area contributed by atoms with E-state index in [2.05, 4.69) is 15.3 Å². The van der Waals surface area contributed by atoms with Gasteiger partial charge in [0.2, 0.25) is 11.8 Å². The van der Waals surface area contributed by atoms with E-state index in [4.69, 9.17) is 5.73 Å². The van der Waals surface area contributed by atoms with E-state index < -0.39 is 5.91 Å². The molecule has 2 amide bonds. The summed E-state index contributed by atoms with van der Waals surface area (Å²) in [4.78, 5) is 43.8. The summed E-state index contributed by atoms with van der Waals surface area (Å²) in [6.07, 6.45) is 1.60. The fraction of sp³-hybridized carbons (Fsp3) is 0.182. The number of nitrogens with two attached hydrogens (primary N) is 1. The van der Waals surface area contributed by atoms with E-state index >= 15 is 0 Å². The largest absolute Gasteiger partial charge is 0.366 e. The molecule has 8 nitrogen and oxygen atoms in total. The zero-order valence-corrected chi connectivity index (χ0v) is 16.4. The summed E-state index contributed by atoms with van der Waals surface area (Å²) >= 11 is 0. The van der Waals surface area contributed by atoms with Crippen LogP contribution >= 0.6 is 0 Å². The van der Waals surface area contributed by atoms with E-state index in [1.54, 1.807) is 24.3 Å². The van der Waals surface area contributed by atoms with Crippen LogP contribution in [-0.2, 0) is 17.9 Å². The van der Waals surface area contributed by atoms with E-state index in [9.17, 15) is 14.4 Å². The van der Waals surface area contributed by atoms with Crippen LogP contribution in [0.4, 0.5) is 0 Å². The molecule has 0 saturated carbocycles. The van der Waals surface area contributed by atoms with Gasteiger partial charge in [-0.25, -0.2) is 4.98 Å². The zero-order chi connectivity index (χ0) is 21.3. The molecule has 0 unspecified atom stereocenters. The number of rotatable bonds is 6. The lowest BCUT2D eigenvalue weighted by Crippen LogP contribution is -2.27. The molecule has 4 rings (SSSR count). The average molecular weight is 403 g/mol. The Balaban J connectivity index is 1.44. The zero-order valence-electron chi connectivity index (χ0n) is 16.4. The van der Waals surface area contributed by atoms with Crippen molar-refractivity contribution in [3.8, 4) is 0 Å². The molecule has 4 N–H and O–H groups in total. The number of aromatic amines is 1. The minimum atomic E-state index is -0.516. The molecule has 0 aliphatic rings. The third kappa shape index (κ3) is 3.80. The number of amides is 2.